The molecule has 2 rings (SSSR count). The second kappa shape index (κ2) is 5.40. The molecule has 1 aliphatic carbocycles. The van der Waals surface area contributed by atoms with Crippen molar-refractivity contribution in [1.82, 2.24) is 5.32 Å². The molecule has 1 amide bonds. The molecule has 17 heavy (non-hydrogen) atoms. The standard InChI is InChI=1S/C12H14FNO2S/c13-10-3-5-11(6-4-10)17(16)8-12(15)14-7-9-1-2-9/h3-6,9H,1-2,7-8H2,(H,14,15). The van der Waals surface area contributed by atoms with Gasteiger partial charge in [0.15, 0.2) is 0 Å². The van der Waals surface area contributed by atoms with Gasteiger partial charge < -0.3 is 5.32 Å². The number of nitrogens with one attached hydrogen (secondary N) is 1. The van der Waals surface area contributed by atoms with Crippen LogP contribution < -0.4 is 5.32 Å². The molecule has 1 aromatic carbocycles. The van der Waals surface area contributed by atoms with Gasteiger partial charge in [-0.1, -0.05) is 0 Å². The number of hydrogen-bond acceptors (Lipinski definition) is 2. The van der Waals surface area contributed by atoms with Crippen molar-refractivity contribution < 1.29 is 13.4 Å². The number of hydrogen-bond donors (Lipinski definition) is 1. The topological polar surface area (TPSA) is 46.2 Å². The number of amides is 1. The fraction of sp³-hybridized carbons (Fsp3) is 0.417. The Morgan fingerprint density at radius 2 is 2.00 bits per heavy atom. The third-order valence-corrected chi connectivity index (χ3v) is 3.95. The predicted octanol–water partition coefficient (Wildman–Crippen LogP) is 1.46. The van der Waals surface area contributed by atoms with Crippen LogP contribution >= 0.6 is 0 Å². The van der Waals surface area contributed by atoms with Gasteiger partial charge in [-0.15, -0.1) is 0 Å². The van der Waals surface area contributed by atoms with E-state index in [1.54, 1.807) is 0 Å². The highest BCUT2D eigenvalue weighted by atomic mass is 32.2. The van der Waals surface area contributed by atoms with Crippen LogP contribution in [-0.4, -0.2) is 22.4 Å². The highest BCUT2D eigenvalue weighted by molar-refractivity contribution is 7.85. The Morgan fingerprint density at radius 3 is 2.59 bits per heavy atom. The molecule has 1 N–H and O–H groups in total. The van der Waals surface area contributed by atoms with Crippen molar-refractivity contribution in [3.63, 3.8) is 0 Å². The van der Waals surface area contributed by atoms with E-state index in [1.807, 2.05) is 0 Å². The number of benzene rings is 1. The lowest BCUT2D eigenvalue weighted by Gasteiger charge is -2.04. The molecule has 1 aromatic rings. The Hall–Kier alpha value is -1.23. The van der Waals surface area contributed by atoms with E-state index in [4.69, 9.17) is 0 Å². The summed E-state index contributed by atoms with van der Waals surface area (Å²) in [6, 6.07) is 5.38. The van der Waals surface area contributed by atoms with Gasteiger partial charge in [0.25, 0.3) is 0 Å². The van der Waals surface area contributed by atoms with E-state index < -0.39 is 10.8 Å². The largest absolute Gasteiger partial charge is 0.355 e. The third-order valence-electron chi connectivity index (χ3n) is 2.62. The zero-order valence-electron chi connectivity index (χ0n) is 9.32. The molecule has 0 aliphatic heterocycles. The van der Waals surface area contributed by atoms with Crippen molar-refractivity contribution in [3.8, 4) is 0 Å². The zero-order chi connectivity index (χ0) is 12.3. The maximum atomic E-state index is 12.7. The van der Waals surface area contributed by atoms with Gasteiger partial charge in [0, 0.05) is 11.4 Å². The summed E-state index contributed by atoms with van der Waals surface area (Å²) in [5.74, 6) is -0.0278. The molecular weight excluding hydrogens is 241 g/mol. The van der Waals surface area contributed by atoms with Crippen LogP contribution in [0.3, 0.4) is 0 Å². The lowest BCUT2D eigenvalue weighted by molar-refractivity contribution is -0.118. The summed E-state index contributed by atoms with van der Waals surface area (Å²) < 4.78 is 24.4. The van der Waals surface area contributed by atoms with Crippen LogP contribution in [0.1, 0.15) is 12.8 Å². The number of carbonyl (C=O) groups excluding carboxylic acids is 1. The molecule has 1 aliphatic rings. The minimum atomic E-state index is -1.39. The molecule has 3 nitrogen and oxygen atoms in total. The highest BCUT2D eigenvalue weighted by Crippen LogP contribution is 2.27. The first kappa shape index (κ1) is 12.2. The van der Waals surface area contributed by atoms with E-state index in [1.165, 1.54) is 37.1 Å². The maximum Gasteiger partial charge on any atom is 0.233 e. The van der Waals surface area contributed by atoms with Crippen LogP contribution in [-0.2, 0) is 15.6 Å². The first-order valence-electron chi connectivity index (χ1n) is 5.56. The minimum Gasteiger partial charge on any atom is -0.355 e. The molecule has 0 saturated heterocycles. The Kier molecular flexibility index (Phi) is 3.89. The third kappa shape index (κ3) is 3.93. The minimum absolute atomic E-state index is 0.0572. The fourth-order valence-corrected chi connectivity index (χ4v) is 2.37. The Balaban J connectivity index is 1.82. The van der Waals surface area contributed by atoms with Crippen molar-refractivity contribution in [2.24, 2.45) is 5.92 Å². The molecule has 1 fully saturated rings. The Labute approximate surface area is 102 Å². The normalized spacial score (nSPS) is 16.5. The monoisotopic (exact) mass is 255 g/mol. The summed E-state index contributed by atoms with van der Waals surface area (Å²) in [6.07, 6.45) is 2.34. The van der Waals surface area contributed by atoms with Gasteiger partial charge in [0.2, 0.25) is 5.91 Å². The molecule has 1 unspecified atom stereocenters. The van der Waals surface area contributed by atoms with E-state index in [-0.39, 0.29) is 17.5 Å². The van der Waals surface area contributed by atoms with Crippen molar-refractivity contribution in [3.05, 3.63) is 30.1 Å². The van der Waals surface area contributed by atoms with Gasteiger partial charge in [-0.3, -0.25) is 9.00 Å². The molecule has 0 aromatic heterocycles. The summed E-state index contributed by atoms with van der Waals surface area (Å²) in [5.41, 5.74) is 0. The van der Waals surface area contributed by atoms with Crippen molar-refractivity contribution in [1.29, 1.82) is 0 Å². The Bertz CT molecular complexity index is 429. The van der Waals surface area contributed by atoms with Crippen molar-refractivity contribution in [2.45, 2.75) is 17.7 Å². The molecule has 0 bridgehead atoms. The zero-order valence-corrected chi connectivity index (χ0v) is 10.1. The van der Waals surface area contributed by atoms with Gasteiger partial charge >= 0.3 is 0 Å². The van der Waals surface area contributed by atoms with E-state index in [0.717, 1.165) is 0 Å². The number of carbonyl (C=O) groups is 1. The average Bonchev–Trinajstić information content (AvgIpc) is 3.11. The molecule has 1 atom stereocenters. The molecule has 0 radical (unpaired) electrons. The molecule has 1 saturated carbocycles. The smallest absolute Gasteiger partial charge is 0.233 e. The summed E-state index contributed by atoms with van der Waals surface area (Å²) in [6.45, 7) is 0.680. The summed E-state index contributed by atoms with van der Waals surface area (Å²) in [5, 5.41) is 2.75. The van der Waals surface area contributed by atoms with Crippen LogP contribution in [0.5, 0.6) is 0 Å². The van der Waals surface area contributed by atoms with E-state index in [2.05, 4.69) is 5.32 Å². The fourth-order valence-electron chi connectivity index (χ4n) is 1.42. The van der Waals surface area contributed by atoms with Crippen LogP contribution in [0.4, 0.5) is 4.39 Å². The Morgan fingerprint density at radius 1 is 1.35 bits per heavy atom. The number of rotatable bonds is 5. The average molecular weight is 255 g/mol. The van der Waals surface area contributed by atoms with E-state index in [9.17, 15) is 13.4 Å². The second-order valence-electron chi connectivity index (χ2n) is 4.19. The molecular formula is C12H14FNO2S. The first-order chi connectivity index (χ1) is 8.15. The molecule has 0 spiro atoms. The highest BCUT2D eigenvalue weighted by Gasteiger charge is 2.22. The van der Waals surface area contributed by atoms with Gasteiger partial charge in [0.1, 0.15) is 11.6 Å². The van der Waals surface area contributed by atoms with Crippen LogP contribution in [0.25, 0.3) is 0 Å². The van der Waals surface area contributed by atoms with Gasteiger partial charge in [-0.25, -0.2) is 4.39 Å². The van der Waals surface area contributed by atoms with Crippen LogP contribution in [0.2, 0.25) is 0 Å². The van der Waals surface area contributed by atoms with Crippen LogP contribution in [0.15, 0.2) is 29.2 Å². The quantitative estimate of drug-likeness (QED) is 0.865. The van der Waals surface area contributed by atoms with Crippen molar-refractivity contribution in [2.75, 3.05) is 12.3 Å². The second-order valence-corrected chi connectivity index (χ2v) is 5.64. The number of halogens is 1. The molecule has 5 heteroatoms. The lowest BCUT2D eigenvalue weighted by atomic mass is 10.4. The van der Waals surface area contributed by atoms with Crippen LogP contribution in [0, 0.1) is 11.7 Å². The predicted molar refractivity (Wildman–Crippen MR) is 63.4 cm³/mol. The van der Waals surface area contributed by atoms with E-state index in [0.29, 0.717) is 17.4 Å². The van der Waals surface area contributed by atoms with Gasteiger partial charge in [-0.05, 0) is 43.0 Å². The van der Waals surface area contributed by atoms with Gasteiger partial charge in [-0.2, -0.15) is 0 Å². The van der Waals surface area contributed by atoms with Crippen molar-refractivity contribution >= 4 is 16.7 Å². The summed E-state index contributed by atoms with van der Waals surface area (Å²) >= 11 is 0. The lowest BCUT2D eigenvalue weighted by Crippen LogP contribution is -2.29. The molecule has 0 heterocycles. The van der Waals surface area contributed by atoms with E-state index >= 15 is 0 Å². The summed E-state index contributed by atoms with van der Waals surface area (Å²) in [4.78, 5) is 11.9. The maximum absolute atomic E-state index is 12.7. The molecule has 92 valence electrons. The SMILES string of the molecule is O=C(CS(=O)c1ccc(F)cc1)NCC1CC1. The van der Waals surface area contributed by atoms with Gasteiger partial charge in [0.05, 0.1) is 10.8 Å². The first-order valence-corrected chi connectivity index (χ1v) is 6.87. The summed E-state index contributed by atoms with van der Waals surface area (Å²) in [7, 11) is -1.39.